The number of nitrogens with zero attached hydrogens (tertiary/aromatic N) is 1. The highest BCUT2D eigenvalue weighted by atomic mass is 32.1. The third kappa shape index (κ3) is 3.26. The van der Waals surface area contributed by atoms with Crippen LogP contribution in [0.3, 0.4) is 0 Å². The van der Waals surface area contributed by atoms with E-state index in [2.05, 4.69) is 10.3 Å². The maximum Gasteiger partial charge on any atom is 0.339 e. The molecule has 1 amide bonds. The zero-order valence-electron chi connectivity index (χ0n) is 15.2. The zero-order valence-corrected chi connectivity index (χ0v) is 16.0. The van der Waals surface area contributed by atoms with Crippen molar-refractivity contribution in [3.8, 4) is 0 Å². The maximum atomic E-state index is 12.4. The van der Waals surface area contributed by atoms with Crippen molar-refractivity contribution in [2.45, 2.75) is 33.6 Å². The lowest BCUT2D eigenvalue weighted by Gasteiger charge is -2.08. The molecule has 0 radical (unpaired) electrons. The predicted molar refractivity (Wildman–Crippen MR) is 106 cm³/mol. The molecular formula is C20H18N2O4S. The summed E-state index contributed by atoms with van der Waals surface area (Å²) in [7, 11) is 0. The molecular weight excluding hydrogens is 364 g/mol. The molecule has 0 saturated carbocycles. The van der Waals surface area contributed by atoms with Gasteiger partial charge in [0.15, 0.2) is 5.13 Å². The van der Waals surface area contributed by atoms with Crippen LogP contribution in [-0.2, 0) is 11.2 Å². The summed E-state index contributed by atoms with van der Waals surface area (Å²) < 4.78 is 11.0. The Kier molecular flexibility index (Phi) is 4.31. The lowest BCUT2D eigenvalue weighted by Crippen LogP contribution is -2.16. The molecule has 0 spiro atoms. The van der Waals surface area contributed by atoms with Gasteiger partial charge in [-0.2, -0.15) is 0 Å². The number of aromatic nitrogens is 1. The normalized spacial score (nSPS) is 11.4. The number of aryl methyl sites for hydroxylation is 3. The predicted octanol–water partition coefficient (Wildman–Crippen LogP) is 4.49. The molecule has 6 nitrogen and oxygen atoms in total. The first-order valence-electron chi connectivity index (χ1n) is 8.59. The summed E-state index contributed by atoms with van der Waals surface area (Å²) >= 11 is 1.42. The number of carbonyl (C=O) groups is 1. The quantitative estimate of drug-likeness (QED) is 0.526. The maximum absolute atomic E-state index is 12.4. The van der Waals surface area contributed by atoms with Gasteiger partial charge in [0.2, 0.25) is 5.91 Å². The number of amides is 1. The second-order valence-corrected chi connectivity index (χ2v) is 7.82. The van der Waals surface area contributed by atoms with Crippen molar-refractivity contribution < 1.29 is 13.6 Å². The summed E-state index contributed by atoms with van der Waals surface area (Å²) in [6.45, 7) is 5.78. The highest BCUT2D eigenvalue weighted by Gasteiger charge is 2.15. The van der Waals surface area contributed by atoms with Crippen molar-refractivity contribution in [2.75, 3.05) is 5.32 Å². The second-order valence-electron chi connectivity index (χ2n) is 6.58. The monoisotopic (exact) mass is 382 g/mol. The molecule has 27 heavy (non-hydrogen) atoms. The standard InChI is InChI=1S/C20H18N2O4S/c1-10-9-25-16-7-17-15(6-14(10)16)12(3)13(19(24)26-17)4-5-18(23)22-20-21-8-11(2)27-20/h6-9H,4-5H2,1-3H3,(H,21,22,23). The smallest absolute Gasteiger partial charge is 0.339 e. The van der Waals surface area contributed by atoms with Crippen LogP contribution < -0.4 is 10.9 Å². The number of furan rings is 1. The molecule has 0 aliphatic heterocycles. The molecule has 0 fully saturated rings. The molecule has 0 bridgehead atoms. The van der Waals surface area contributed by atoms with Gasteiger partial charge in [-0.25, -0.2) is 9.78 Å². The molecule has 3 aromatic heterocycles. The molecule has 0 unspecified atom stereocenters. The first-order valence-corrected chi connectivity index (χ1v) is 9.40. The van der Waals surface area contributed by atoms with Crippen LogP contribution in [0.15, 0.2) is 38.2 Å². The van der Waals surface area contributed by atoms with Gasteiger partial charge < -0.3 is 14.2 Å². The topological polar surface area (TPSA) is 85.3 Å². The average molecular weight is 382 g/mol. The van der Waals surface area contributed by atoms with E-state index in [1.807, 2.05) is 26.8 Å². The van der Waals surface area contributed by atoms with Crippen LogP contribution >= 0.6 is 11.3 Å². The second kappa shape index (κ2) is 6.66. The van der Waals surface area contributed by atoms with Gasteiger partial charge in [0, 0.05) is 39.9 Å². The van der Waals surface area contributed by atoms with Crippen LogP contribution in [0.25, 0.3) is 21.9 Å². The van der Waals surface area contributed by atoms with Crippen LogP contribution in [0, 0.1) is 20.8 Å². The molecule has 1 aromatic carbocycles. The van der Waals surface area contributed by atoms with Crippen molar-refractivity contribution in [1.82, 2.24) is 4.98 Å². The molecule has 0 atom stereocenters. The SMILES string of the molecule is Cc1cnc(NC(=O)CCc2c(C)c3cc4c(C)coc4cc3oc2=O)s1. The van der Waals surface area contributed by atoms with E-state index in [9.17, 15) is 9.59 Å². The van der Waals surface area contributed by atoms with E-state index in [1.54, 1.807) is 18.5 Å². The van der Waals surface area contributed by atoms with Gasteiger partial charge in [-0.05, 0) is 44.4 Å². The highest BCUT2D eigenvalue weighted by molar-refractivity contribution is 7.15. The fraction of sp³-hybridized carbons (Fsp3) is 0.250. The first-order chi connectivity index (χ1) is 12.9. The zero-order chi connectivity index (χ0) is 19.1. The van der Waals surface area contributed by atoms with Crippen LogP contribution in [-0.4, -0.2) is 10.9 Å². The Bertz CT molecular complexity index is 1230. The summed E-state index contributed by atoms with van der Waals surface area (Å²) in [5.74, 6) is -0.177. The van der Waals surface area contributed by atoms with E-state index < -0.39 is 5.63 Å². The molecule has 4 aromatic rings. The van der Waals surface area contributed by atoms with Crippen molar-refractivity contribution in [2.24, 2.45) is 0 Å². The molecule has 1 N–H and O–H groups in total. The summed E-state index contributed by atoms with van der Waals surface area (Å²) in [6, 6.07) is 3.72. The van der Waals surface area contributed by atoms with Gasteiger partial charge in [-0.1, -0.05) is 0 Å². The minimum Gasteiger partial charge on any atom is -0.464 e. The van der Waals surface area contributed by atoms with E-state index in [0.29, 0.717) is 28.3 Å². The van der Waals surface area contributed by atoms with Crippen LogP contribution in [0.5, 0.6) is 0 Å². The first kappa shape index (κ1) is 17.5. The molecule has 3 heterocycles. The largest absolute Gasteiger partial charge is 0.464 e. The van der Waals surface area contributed by atoms with Gasteiger partial charge in [0.1, 0.15) is 11.2 Å². The number of thiazole rings is 1. The van der Waals surface area contributed by atoms with Gasteiger partial charge in [0.05, 0.1) is 6.26 Å². The van der Waals surface area contributed by atoms with Crippen LogP contribution in [0.4, 0.5) is 5.13 Å². The van der Waals surface area contributed by atoms with Gasteiger partial charge in [-0.3, -0.25) is 4.79 Å². The number of carbonyl (C=O) groups excluding carboxylic acids is 1. The van der Waals surface area contributed by atoms with Crippen molar-refractivity contribution in [1.29, 1.82) is 0 Å². The number of hydrogen-bond acceptors (Lipinski definition) is 6. The number of benzene rings is 1. The lowest BCUT2D eigenvalue weighted by atomic mass is 10.0. The summed E-state index contributed by atoms with van der Waals surface area (Å²) in [5, 5.41) is 5.17. The Morgan fingerprint density at radius 3 is 2.74 bits per heavy atom. The van der Waals surface area contributed by atoms with E-state index in [-0.39, 0.29) is 12.3 Å². The Hall–Kier alpha value is -2.93. The Morgan fingerprint density at radius 1 is 1.19 bits per heavy atom. The minimum atomic E-state index is -0.416. The molecule has 0 saturated heterocycles. The number of rotatable bonds is 4. The van der Waals surface area contributed by atoms with E-state index in [0.717, 1.165) is 26.8 Å². The fourth-order valence-electron chi connectivity index (χ4n) is 3.16. The minimum absolute atomic E-state index is 0.177. The summed E-state index contributed by atoms with van der Waals surface area (Å²) in [4.78, 5) is 29.7. The van der Waals surface area contributed by atoms with Crippen molar-refractivity contribution >= 4 is 44.3 Å². The van der Waals surface area contributed by atoms with Gasteiger partial charge in [-0.15, -0.1) is 11.3 Å². The van der Waals surface area contributed by atoms with Gasteiger partial charge >= 0.3 is 5.63 Å². The van der Waals surface area contributed by atoms with Crippen LogP contribution in [0.2, 0.25) is 0 Å². The molecule has 138 valence electrons. The number of fused-ring (bicyclic) bond motifs is 2. The third-order valence-electron chi connectivity index (χ3n) is 4.64. The average Bonchev–Trinajstić information content (AvgIpc) is 3.19. The summed E-state index contributed by atoms with van der Waals surface area (Å²) in [5.41, 5.74) is 3.15. The molecule has 0 aliphatic carbocycles. The van der Waals surface area contributed by atoms with E-state index in [4.69, 9.17) is 8.83 Å². The molecule has 4 rings (SSSR count). The van der Waals surface area contributed by atoms with E-state index >= 15 is 0 Å². The Labute approximate surface area is 158 Å². The molecule has 7 heteroatoms. The lowest BCUT2D eigenvalue weighted by molar-refractivity contribution is -0.116. The number of hydrogen-bond donors (Lipinski definition) is 1. The fourth-order valence-corrected chi connectivity index (χ4v) is 3.84. The Morgan fingerprint density at radius 2 is 2.00 bits per heavy atom. The number of nitrogens with one attached hydrogen (secondary N) is 1. The van der Waals surface area contributed by atoms with Crippen LogP contribution in [0.1, 0.15) is 28.0 Å². The Balaban J connectivity index is 1.62. The number of anilines is 1. The third-order valence-corrected chi connectivity index (χ3v) is 5.47. The van der Waals surface area contributed by atoms with E-state index in [1.165, 1.54) is 11.3 Å². The summed E-state index contributed by atoms with van der Waals surface area (Å²) in [6.07, 6.45) is 3.88. The van der Waals surface area contributed by atoms with Crippen molar-refractivity contribution in [3.63, 3.8) is 0 Å². The highest BCUT2D eigenvalue weighted by Crippen LogP contribution is 2.29. The molecule has 0 aliphatic rings. The van der Waals surface area contributed by atoms with Gasteiger partial charge in [0.25, 0.3) is 0 Å². The van der Waals surface area contributed by atoms with Crippen molar-refractivity contribution in [3.05, 3.63) is 56.6 Å².